The summed E-state index contributed by atoms with van der Waals surface area (Å²) < 4.78 is 24.4. The van der Waals surface area contributed by atoms with Crippen molar-refractivity contribution in [3.8, 4) is 17.6 Å². The Morgan fingerprint density at radius 2 is 1.92 bits per heavy atom. The zero-order chi connectivity index (χ0) is 18.4. The van der Waals surface area contributed by atoms with Crippen LogP contribution in [0.4, 0.5) is 4.39 Å². The first-order valence-corrected chi connectivity index (χ1v) is 7.72. The molecule has 128 valence electrons. The van der Waals surface area contributed by atoms with E-state index in [1.165, 1.54) is 13.2 Å². The standard InChI is InChI=1S/C20H18FNO3/c1-13(2)20(23)25-18-9-8-14(11-19(18)24-3)10-15(12-22)16-6-4-5-7-17(16)21/h4-11,13H,1-3H3/b15-10-. The lowest BCUT2D eigenvalue weighted by molar-refractivity contribution is -0.137. The largest absolute Gasteiger partial charge is 0.493 e. The molecule has 5 heteroatoms. The fourth-order valence-corrected chi connectivity index (χ4v) is 2.10. The smallest absolute Gasteiger partial charge is 0.313 e. The van der Waals surface area contributed by atoms with Crippen molar-refractivity contribution in [2.75, 3.05) is 7.11 Å². The van der Waals surface area contributed by atoms with Gasteiger partial charge in [0.2, 0.25) is 0 Å². The zero-order valence-electron chi connectivity index (χ0n) is 14.2. The van der Waals surface area contributed by atoms with Crippen molar-refractivity contribution < 1.29 is 18.7 Å². The van der Waals surface area contributed by atoms with Crippen LogP contribution >= 0.6 is 0 Å². The number of nitrogens with zero attached hydrogens (tertiary/aromatic N) is 1. The van der Waals surface area contributed by atoms with Crippen LogP contribution in [0.5, 0.6) is 11.5 Å². The highest BCUT2D eigenvalue weighted by Gasteiger charge is 2.14. The third-order valence-corrected chi connectivity index (χ3v) is 3.47. The van der Waals surface area contributed by atoms with Gasteiger partial charge in [-0.3, -0.25) is 4.79 Å². The van der Waals surface area contributed by atoms with Crippen LogP contribution in [0.2, 0.25) is 0 Å². The number of allylic oxidation sites excluding steroid dienone is 1. The van der Waals surface area contributed by atoms with E-state index < -0.39 is 5.82 Å². The number of rotatable bonds is 5. The van der Waals surface area contributed by atoms with Crippen LogP contribution in [0.3, 0.4) is 0 Å². The summed E-state index contributed by atoms with van der Waals surface area (Å²) in [6.07, 6.45) is 1.55. The lowest BCUT2D eigenvalue weighted by Gasteiger charge is -2.11. The van der Waals surface area contributed by atoms with Gasteiger partial charge < -0.3 is 9.47 Å². The van der Waals surface area contributed by atoms with Crippen LogP contribution in [0.25, 0.3) is 11.6 Å². The molecule has 0 aliphatic heterocycles. The number of ether oxygens (including phenoxy) is 2. The summed E-state index contributed by atoms with van der Waals surface area (Å²) in [7, 11) is 1.46. The molecule has 2 aromatic rings. The average molecular weight is 339 g/mol. The number of hydrogen-bond donors (Lipinski definition) is 0. The molecule has 0 aliphatic rings. The Bertz CT molecular complexity index is 850. The first-order valence-electron chi connectivity index (χ1n) is 7.72. The van der Waals surface area contributed by atoms with Crippen molar-refractivity contribution in [3.05, 3.63) is 59.4 Å². The second-order valence-electron chi connectivity index (χ2n) is 5.64. The van der Waals surface area contributed by atoms with Gasteiger partial charge in [0.1, 0.15) is 5.82 Å². The lowest BCUT2D eigenvalue weighted by atomic mass is 10.0. The van der Waals surface area contributed by atoms with E-state index in [9.17, 15) is 14.4 Å². The van der Waals surface area contributed by atoms with Crippen LogP contribution in [0.15, 0.2) is 42.5 Å². The highest BCUT2D eigenvalue weighted by atomic mass is 19.1. The molecule has 0 bridgehead atoms. The van der Waals surface area contributed by atoms with Gasteiger partial charge in [-0.25, -0.2) is 4.39 Å². The Morgan fingerprint density at radius 3 is 2.52 bits per heavy atom. The van der Waals surface area contributed by atoms with Crippen LogP contribution in [0, 0.1) is 23.1 Å². The molecule has 0 N–H and O–H groups in total. The molecular weight excluding hydrogens is 321 g/mol. The number of halogens is 1. The molecule has 2 rings (SSSR count). The molecule has 0 spiro atoms. The molecule has 0 unspecified atom stereocenters. The zero-order valence-corrected chi connectivity index (χ0v) is 14.2. The molecule has 2 aromatic carbocycles. The van der Waals surface area contributed by atoms with E-state index in [1.54, 1.807) is 56.3 Å². The molecule has 0 fully saturated rings. The molecule has 0 saturated heterocycles. The average Bonchev–Trinajstić information content (AvgIpc) is 2.61. The Labute approximate surface area is 146 Å². The third kappa shape index (κ3) is 4.45. The van der Waals surface area contributed by atoms with Crippen LogP contribution in [-0.2, 0) is 4.79 Å². The van der Waals surface area contributed by atoms with Crippen molar-refractivity contribution in [3.63, 3.8) is 0 Å². The molecule has 0 saturated carbocycles. The molecule has 0 aliphatic carbocycles. The molecule has 4 nitrogen and oxygen atoms in total. The van der Waals surface area contributed by atoms with E-state index in [2.05, 4.69) is 0 Å². The topological polar surface area (TPSA) is 59.3 Å². The minimum Gasteiger partial charge on any atom is -0.493 e. The minimum atomic E-state index is -0.468. The maximum Gasteiger partial charge on any atom is 0.313 e. The number of esters is 1. The highest BCUT2D eigenvalue weighted by Crippen LogP contribution is 2.30. The van der Waals surface area contributed by atoms with Gasteiger partial charge in [-0.2, -0.15) is 5.26 Å². The monoisotopic (exact) mass is 339 g/mol. The van der Waals surface area contributed by atoms with Gasteiger partial charge in [-0.1, -0.05) is 38.1 Å². The first kappa shape index (κ1) is 18.2. The van der Waals surface area contributed by atoms with Gasteiger partial charge in [-0.15, -0.1) is 0 Å². The molecule has 0 heterocycles. The minimum absolute atomic E-state index is 0.187. The lowest BCUT2D eigenvalue weighted by Crippen LogP contribution is -2.15. The molecule has 0 radical (unpaired) electrons. The van der Waals surface area contributed by atoms with Gasteiger partial charge in [0.05, 0.1) is 24.7 Å². The number of benzene rings is 2. The van der Waals surface area contributed by atoms with Crippen molar-refractivity contribution in [1.82, 2.24) is 0 Å². The summed E-state index contributed by atoms with van der Waals surface area (Å²) >= 11 is 0. The number of carbonyl (C=O) groups excluding carboxylic acids is 1. The Kier molecular flexibility index (Phi) is 5.91. The van der Waals surface area contributed by atoms with E-state index in [-0.39, 0.29) is 23.0 Å². The van der Waals surface area contributed by atoms with E-state index in [0.29, 0.717) is 17.1 Å². The van der Waals surface area contributed by atoms with Crippen molar-refractivity contribution in [1.29, 1.82) is 5.26 Å². The second-order valence-corrected chi connectivity index (χ2v) is 5.64. The quantitative estimate of drug-likeness (QED) is 0.349. The van der Waals surface area contributed by atoms with E-state index in [1.807, 2.05) is 6.07 Å². The van der Waals surface area contributed by atoms with Crippen molar-refractivity contribution in [2.45, 2.75) is 13.8 Å². The maximum absolute atomic E-state index is 13.9. The molecule has 0 amide bonds. The first-order chi connectivity index (χ1) is 12.0. The van der Waals surface area contributed by atoms with Crippen molar-refractivity contribution in [2.24, 2.45) is 5.92 Å². The Balaban J connectivity index is 2.38. The van der Waals surface area contributed by atoms with Gasteiger partial charge >= 0.3 is 5.97 Å². The summed E-state index contributed by atoms with van der Waals surface area (Å²) in [5.74, 6) is -0.456. The summed E-state index contributed by atoms with van der Waals surface area (Å²) in [4.78, 5) is 11.7. The molecule has 0 aromatic heterocycles. The van der Waals surface area contributed by atoms with Gasteiger partial charge in [0.15, 0.2) is 11.5 Å². The van der Waals surface area contributed by atoms with Crippen LogP contribution in [-0.4, -0.2) is 13.1 Å². The van der Waals surface area contributed by atoms with E-state index >= 15 is 0 Å². The summed E-state index contributed by atoms with van der Waals surface area (Å²) in [6.45, 7) is 3.47. The fourth-order valence-electron chi connectivity index (χ4n) is 2.10. The Morgan fingerprint density at radius 1 is 1.20 bits per heavy atom. The summed E-state index contributed by atoms with van der Waals surface area (Å²) in [5.41, 5.74) is 1.03. The van der Waals surface area contributed by atoms with E-state index in [4.69, 9.17) is 9.47 Å². The number of methoxy groups -OCH3 is 1. The summed E-state index contributed by atoms with van der Waals surface area (Å²) in [6, 6.07) is 13.0. The number of nitriles is 1. The fraction of sp³-hybridized carbons (Fsp3) is 0.200. The van der Waals surface area contributed by atoms with Crippen LogP contribution in [0.1, 0.15) is 25.0 Å². The maximum atomic E-state index is 13.9. The van der Waals surface area contributed by atoms with Gasteiger partial charge in [-0.05, 0) is 29.8 Å². The molecular formula is C20H18FNO3. The Hall–Kier alpha value is -3.13. The predicted molar refractivity (Wildman–Crippen MR) is 93.4 cm³/mol. The SMILES string of the molecule is COc1cc(/C=C(/C#N)c2ccccc2F)ccc1OC(=O)C(C)C. The molecule has 25 heavy (non-hydrogen) atoms. The summed E-state index contributed by atoms with van der Waals surface area (Å²) in [5, 5.41) is 9.34. The van der Waals surface area contributed by atoms with Crippen LogP contribution < -0.4 is 9.47 Å². The predicted octanol–water partition coefficient (Wildman–Crippen LogP) is 4.46. The van der Waals surface area contributed by atoms with Gasteiger partial charge in [0, 0.05) is 5.56 Å². The molecule has 0 atom stereocenters. The normalized spacial score (nSPS) is 11.1. The highest BCUT2D eigenvalue weighted by molar-refractivity contribution is 5.90. The van der Waals surface area contributed by atoms with E-state index in [0.717, 1.165) is 0 Å². The second kappa shape index (κ2) is 8.11. The van der Waals surface area contributed by atoms with Crippen molar-refractivity contribution >= 4 is 17.6 Å². The third-order valence-electron chi connectivity index (χ3n) is 3.47. The van der Waals surface area contributed by atoms with Gasteiger partial charge in [0.25, 0.3) is 0 Å². The number of hydrogen-bond acceptors (Lipinski definition) is 4. The number of carbonyl (C=O) groups is 1.